The fourth-order valence-corrected chi connectivity index (χ4v) is 5.56. The first kappa shape index (κ1) is 25.3. The van der Waals surface area contributed by atoms with Gasteiger partial charge in [-0.15, -0.1) is 6.58 Å². The Bertz CT molecular complexity index is 1580. The first-order valence-corrected chi connectivity index (χ1v) is 13.5. The highest BCUT2D eigenvalue weighted by atomic mass is 16.3. The molecule has 2 aliphatic rings. The third kappa shape index (κ3) is 4.49. The van der Waals surface area contributed by atoms with Crippen LogP contribution in [0.25, 0.3) is 16.9 Å². The number of aliphatic hydroxyl groups is 1. The number of nitrogens with one attached hydrogen (secondary N) is 1. The maximum atomic E-state index is 13.3. The molecule has 3 aromatic heterocycles. The Kier molecular flexibility index (Phi) is 6.44. The highest BCUT2D eigenvalue weighted by Gasteiger charge is 2.37. The number of hydrogen-bond acceptors (Lipinski definition) is 8. The molecule has 6 rings (SSSR count). The molecule has 1 aliphatic heterocycles. The number of rotatable bonds is 7. The number of hydrogen-bond donors (Lipinski definition) is 2. The van der Waals surface area contributed by atoms with Crippen LogP contribution in [0, 0.1) is 0 Å². The van der Waals surface area contributed by atoms with Crippen LogP contribution in [0.1, 0.15) is 31.0 Å². The van der Waals surface area contributed by atoms with Crippen molar-refractivity contribution in [1.82, 2.24) is 29.2 Å². The molecule has 10 heteroatoms. The molecule has 2 N–H and O–H groups in total. The number of aromatic nitrogens is 5. The summed E-state index contributed by atoms with van der Waals surface area (Å²) >= 11 is 0. The summed E-state index contributed by atoms with van der Waals surface area (Å²) in [5, 5.41) is 14.8. The van der Waals surface area contributed by atoms with Crippen LogP contribution in [0.2, 0.25) is 0 Å². The summed E-state index contributed by atoms with van der Waals surface area (Å²) in [6.07, 6.45) is 5.22. The molecular formula is C29H34N8O2. The normalized spacial score (nSPS) is 19.4. The molecule has 0 bridgehead atoms. The largest absolute Gasteiger partial charge is 0.384 e. The van der Waals surface area contributed by atoms with Gasteiger partial charge in [-0.1, -0.05) is 19.1 Å². The van der Waals surface area contributed by atoms with Gasteiger partial charge in [-0.25, -0.2) is 19.3 Å². The van der Waals surface area contributed by atoms with Crippen LogP contribution in [-0.2, 0) is 18.6 Å². The molecule has 0 saturated carbocycles. The van der Waals surface area contributed by atoms with E-state index < -0.39 is 5.60 Å². The topological polar surface area (TPSA) is 104 Å². The van der Waals surface area contributed by atoms with Crippen molar-refractivity contribution < 1.29 is 5.11 Å². The van der Waals surface area contributed by atoms with Gasteiger partial charge in [0.25, 0.3) is 5.56 Å². The fourth-order valence-electron chi connectivity index (χ4n) is 5.56. The Morgan fingerprint density at radius 3 is 2.59 bits per heavy atom. The van der Waals surface area contributed by atoms with Crippen molar-refractivity contribution in [3.63, 3.8) is 0 Å². The number of fused-ring (bicyclic) bond motifs is 2. The zero-order valence-corrected chi connectivity index (χ0v) is 22.5. The third-order valence-corrected chi connectivity index (χ3v) is 7.98. The van der Waals surface area contributed by atoms with E-state index >= 15 is 0 Å². The summed E-state index contributed by atoms with van der Waals surface area (Å²) in [5.74, 6) is 0.906. The predicted octanol–water partition coefficient (Wildman–Crippen LogP) is 3.20. The molecule has 1 fully saturated rings. The lowest BCUT2D eigenvalue weighted by Gasteiger charge is -2.34. The molecule has 202 valence electrons. The summed E-state index contributed by atoms with van der Waals surface area (Å²) in [4.78, 5) is 32.1. The first-order valence-electron chi connectivity index (χ1n) is 13.5. The number of anilines is 3. The summed E-state index contributed by atoms with van der Waals surface area (Å²) in [6, 6.07) is 12.1. The number of benzene rings is 1. The van der Waals surface area contributed by atoms with Crippen molar-refractivity contribution in [2.24, 2.45) is 0 Å². The quantitative estimate of drug-likeness (QED) is 0.354. The minimum Gasteiger partial charge on any atom is -0.384 e. The van der Waals surface area contributed by atoms with Crippen molar-refractivity contribution in [3.8, 4) is 5.82 Å². The van der Waals surface area contributed by atoms with E-state index in [4.69, 9.17) is 9.97 Å². The molecule has 0 spiro atoms. The van der Waals surface area contributed by atoms with Gasteiger partial charge in [0.05, 0.1) is 12.2 Å². The zero-order chi connectivity index (χ0) is 27.1. The second kappa shape index (κ2) is 9.94. The minimum absolute atomic E-state index is 0.221. The van der Waals surface area contributed by atoms with Crippen LogP contribution >= 0.6 is 0 Å². The van der Waals surface area contributed by atoms with Gasteiger partial charge >= 0.3 is 0 Å². The van der Waals surface area contributed by atoms with Crippen LogP contribution in [0.4, 0.5) is 17.3 Å². The Labute approximate surface area is 227 Å². The monoisotopic (exact) mass is 526 g/mol. The van der Waals surface area contributed by atoms with Crippen molar-refractivity contribution in [2.75, 3.05) is 43.4 Å². The average molecular weight is 527 g/mol. The Hall–Kier alpha value is -4.02. The molecular weight excluding hydrogens is 492 g/mol. The molecule has 0 amide bonds. The summed E-state index contributed by atoms with van der Waals surface area (Å²) < 4.78 is 3.26. The second-order valence-corrected chi connectivity index (χ2v) is 10.4. The predicted molar refractivity (Wildman–Crippen MR) is 153 cm³/mol. The maximum absolute atomic E-state index is 13.3. The lowest BCUT2D eigenvalue weighted by Crippen LogP contribution is -2.44. The van der Waals surface area contributed by atoms with Crippen LogP contribution in [-0.4, -0.2) is 67.5 Å². The highest BCUT2D eigenvalue weighted by molar-refractivity contribution is 5.77. The molecule has 1 aliphatic carbocycles. The summed E-state index contributed by atoms with van der Waals surface area (Å²) in [7, 11) is 2.15. The Balaban J connectivity index is 1.36. The molecule has 39 heavy (non-hydrogen) atoms. The zero-order valence-electron chi connectivity index (χ0n) is 22.5. The summed E-state index contributed by atoms with van der Waals surface area (Å²) in [5.41, 5.74) is 3.02. The molecule has 1 atom stereocenters. The molecule has 0 unspecified atom stereocenters. The molecule has 0 radical (unpaired) electrons. The van der Waals surface area contributed by atoms with Crippen LogP contribution in [0.5, 0.6) is 0 Å². The standard InChI is InChI=1S/C29H34N8O2/c1-4-14-36-27(38)23-19-30-28(31-21-7-9-22(10-8-21)35-17-15-34(3)16-18-35)33-26(23)37(36)24-11-6-20-12-13-29(39,5-2)25(20)32-24/h4,6-11,19,39H,1,5,12-18H2,2-3H3,(H,30,31,33)/t29-/m1/s1. The van der Waals surface area contributed by atoms with Crippen LogP contribution < -0.4 is 15.8 Å². The van der Waals surface area contributed by atoms with E-state index in [1.807, 2.05) is 31.2 Å². The molecule has 10 nitrogen and oxygen atoms in total. The van der Waals surface area contributed by atoms with Gasteiger partial charge < -0.3 is 20.2 Å². The van der Waals surface area contributed by atoms with Crippen molar-refractivity contribution >= 4 is 28.4 Å². The Morgan fingerprint density at radius 2 is 1.87 bits per heavy atom. The van der Waals surface area contributed by atoms with E-state index in [2.05, 4.69) is 45.9 Å². The molecule has 4 heterocycles. The lowest BCUT2D eigenvalue weighted by atomic mass is 9.98. The van der Waals surface area contributed by atoms with E-state index in [9.17, 15) is 9.90 Å². The van der Waals surface area contributed by atoms with Gasteiger partial charge in [0.2, 0.25) is 5.95 Å². The Morgan fingerprint density at radius 1 is 1.10 bits per heavy atom. The van der Waals surface area contributed by atoms with Crippen LogP contribution in [0.3, 0.4) is 0 Å². The van der Waals surface area contributed by atoms with Crippen LogP contribution in [0.15, 0.2) is 60.0 Å². The number of aryl methyl sites for hydroxylation is 1. The van der Waals surface area contributed by atoms with Crippen molar-refractivity contribution in [1.29, 1.82) is 0 Å². The first-order chi connectivity index (χ1) is 18.9. The number of nitrogens with zero attached hydrogens (tertiary/aromatic N) is 7. The van der Waals surface area contributed by atoms with Crippen molar-refractivity contribution in [2.45, 2.75) is 38.3 Å². The molecule has 1 aromatic carbocycles. The van der Waals surface area contributed by atoms with E-state index in [1.54, 1.807) is 21.6 Å². The maximum Gasteiger partial charge on any atom is 0.278 e. The fraction of sp³-hybridized carbons (Fsp3) is 0.379. The van der Waals surface area contributed by atoms with Gasteiger partial charge in [0.1, 0.15) is 11.0 Å². The average Bonchev–Trinajstić information content (AvgIpc) is 3.43. The van der Waals surface area contributed by atoms with E-state index in [0.717, 1.165) is 43.9 Å². The number of allylic oxidation sites excluding steroid dienone is 1. The smallest absolute Gasteiger partial charge is 0.278 e. The summed E-state index contributed by atoms with van der Waals surface area (Å²) in [6.45, 7) is 10.2. The molecule has 4 aromatic rings. The number of pyridine rings is 1. The van der Waals surface area contributed by atoms with E-state index in [-0.39, 0.29) is 12.1 Å². The van der Waals surface area contributed by atoms with Gasteiger partial charge in [0, 0.05) is 43.8 Å². The second-order valence-electron chi connectivity index (χ2n) is 10.4. The third-order valence-electron chi connectivity index (χ3n) is 7.98. The van der Waals surface area contributed by atoms with Gasteiger partial charge in [-0.3, -0.25) is 4.79 Å². The van der Waals surface area contributed by atoms with Crippen molar-refractivity contribution in [3.05, 3.63) is 76.9 Å². The number of likely N-dealkylation sites (N-methyl/N-ethyl adjacent to an activating group) is 1. The SMILES string of the molecule is C=CCn1c(=O)c2cnc(Nc3ccc(N4CCN(C)CC4)cc3)nc2n1-c1ccc2c(n1)[C@@](O)(CC)CC2. The van der Waals surface area contributed by atoms with E-state index in [0.29, 0.717) is 41.3 Å². The molecule has 1 saturated heterocycles. The minimum atomic E-state index is -0.962. The highest BCUT2D eigenvalue weighted by Crippen LogP contribution is 2.38. The van der Waals surface area contributed by atoms with Gasteiger partial charge in [-0.2, -0.15) is 4.98 Å². The lowest BCUT2D eigenvalue weighted by molar-refractivity contribution is 0.0306. The van der Waals surface area contributed by atoms with Gasteiger partial charge in [0.15, 0.2) is 11.5 Å². The van der Waals surface area contributed by atoms with Gasteiger partial charge in [-0.05, 0) is 62.2 Å². The van der Waals surface area contributed by atoms with E-state index in [1.165, 1.54) is 5.69 Å². The number of piperazine rings is 1.